The first kappa shape index (κ1) is 15.3. The van der Waals surface area contributed by atoms with Gasteiger partial charge in [-0.25, -0.2) is 0 Å². The lowest BCUT2D eigenvalue weighted by molar-refractivity contribution is 0.0744. The molecule has 0 aliphatic carbocycles. The third-order valence-electron chi connectivity index (χ3n) is 3.50. The van der Waals surface area contributed by atoms with Crippen molar-refractivity contribution in [3.8, 4) is 0 Å². The maximum Gasteiger partial charge on any atom is 0.254 e. The number of hydrogen-bond donors (Lipinski definition) is 0. The van der Waals surface area contributed by atoms with Crippen molar-refractivity contribution in [2.45, 2.75) is 26.8 Å². The Morgan fingerprint density at radius 1 is 1.25 bits per heavy atom. The molecule has 0 saturated heterocycles. The van der Waals surface area contributed by atoms with Crippen molar-refractivity contribution in [2.24, 2.45) is 0 Å². The minimum Gasteiger partial charge on any atom is -0.334 e. The second kappa shape index (κ2) is 6.10. The van der Waals surface area contributed by atoms with Gasteiger partial charge in [-0.05, 0) is 50.6 Å². The number of carbonyl (C=O) groups excluding carboxylic acids is 1. The van der Waals surface area contributed by atoms with Crippen LogP contribution in [0.5, 0.6) is 0 Å². The van der Waals surface area contributed by atoms with E-state index in [-0.39, 0.29) is 11.9 Å². The Balaban J connectivity index is 2.26. The van der Waals surface area contributed by atoms with E-state index in [1.807, 2.05) is 32.2 Å². The van der Waals surface area contributed by atoms with Gasteiger partial charge in [-0.1, -0.05) is 22.0 Å². The molecule has 0 radical (unpaired) electrons. The fourth-order valence-corrected chi connectivity index (χ4v) is 3.39. The SMILES string of the molecule is Cc1ccc(C(C)N(C)C(=O)c2cc(Br)ccc2C)s1. The smallest absolute Gasteiger partial charge is 0.254 e. The quantitative estimate of drug-likeness (QED) is 0.765. The summed E-state index contributed by atoms with van der Waals surface area (Å²) in [5.41, 5.74) is 1.75. The van der Waals surface area contributed by atoms with E-state index in [2.05, 4.69) is 41.9 Å². The van der Waals surface area contributed by atoms with Crippen LogP contribution in [-0.2, 0) is 0 Å². The van der Waals surface area contributed by atoms with E-state index in [1.54, 1.807) is 16.2 Å². The van der Waals surface area contributed by atoms with Gasteiger partial charge in [0, 0.05) is 26.8 Å². The minimum atomic E-state index is 0.0577. The van der Waals surface area contributed by atoms with Crippen LogP contribution in [0, 0.1) is 13.8 Å². The van der Waals surface area contributed by atoms with Gasteiger partial charge in [0.2, 0.25) is 0 Å². The van der Waals surface area contributed by atoms with Gasteiger partial charge >= 0.3 is 0 Å². The summed E-state index contributed by atoms with van der Waals surface area (Å²) >= 11 is 5.17. The zero-order valence-electron chi connectivity index (χ0n) is 12.1. The molecule has 20 heavy (non-hydrogen) atoms. The Hall–Kier alpha value is -1.13. The average molecular weight is 352 g/mol. The van der Waals surface area contributed by atoms with Crippen LogP contribution in [0.3, 0.4) is 0 Å². The predicted molar refractivity (Wildman–Crippen MR) is 88.4 cm³/mol. The molecule has 2 nitrogen and oxygen atoms in total. The maximum absolute atomic E-state index is 12.6. The van der Waals surface area contributed by atoms with E-state index < -0.39 is 0 Å². The monoisotopic (exact) mass is 351 g/mol. The molecule has 0 aliphatic heterocycles. The fourth-order valence-electron chi connectivity index (χ4n) is 2.06. The first-order valence-corrected chi connectivity index (χ1v) is 8.10. The topological polar surface area (TPSA) is 20.3 Å². The number of hydrogen-bond acceptors (Lipinski definition) is 2. The molecule has 1 amide bonds. The highest BCUT2D eigenvalue weighted by molar-refractivity contribution is 9.10. The van der Waals surface area contributed by atoms with Crippen molar-refractivity contribution in [3.05, 3.63) is 55.7 Å². The van der Waals surface area contributed by atoms with Gasteiger partial charge < -0.3 is 4.90 Å². The van der Waals surface area contributed by atoms with E-state index >= 15 is 0 Å². The second-order valence-electron chi connectivity index (χ2n) is 5.00. The molecular weight excluding hydrogens is 334 g/mol. The molecule has 106 valence electrons. The van der Waals surface area contributed by atoms with Crippen molar-refractivity contribution in [2.75, 3.05) is 7.05 Å². The lowest BCUT2D eigenvalue weighted by Gasteiger charge is -2.25. The first-order valence-electron chi connectivity index (χ1n) is 6.50. The van der Waals surface area contributed by atoms with Gasteiger partial charge in [0.05, 0.1) is 6.04 Å². The summed E-state index contributed by atoms with van der Waals surface area (Å²) in [6, 6.07) is 10.1. The zero-order chi connectivity index (χ0) is 14.9. The normalized spacial score (nSPS) is 12.2. The lowest BCUT2D eigenvalue weighted by Crippen LogP contribution is -2.29. The molecule has 1 unspecified atom stereocenters. The zero-order valence-corrected chi connectivity index (χ0v) is 14.5. The van der Waals surface area contributed by atoms with Gasteiger partial charge in [-0.2, -0.15) is 0 Å². The van der Waals surface area contributed by atoms with Gasteiger partial charge in [0.25, 0.3) is 5.91 Å². The summed E-state index contributed by atoms with van der Waals surface area (Å²) < 4.78 is 0.930. The fraction of sp³-hybridized carbons (Fsp3) is 0.312. The molecule has 1 aromatic carbocycles. The van der Waals surface area contributed by atoms with E-state index in [0.29, 0.717) is 0 Å². The summed E-state index contributed by atoms with van der Waals surface area (Å²) in [6.07, 6.45) is 0. The Bertz CT molecular complexity index is 635. The molecule has 2 aromatic rings. The van der Waals surface area contributed by atoms with Crippen LogP contribution < -0.4 is 0 Å². The molecule has 0 aliphatic rings. The van der Waals surface area contributed by atoms with E-state index in [0.717, 1.165) is 15.6 Å². The second-order valence-corrected chi connectivity index (χ2v) is 7.23. The molecule has 0 bridgehead atoms. The highest BCUT2D eigenvalue weighted by Gasteiger charge is 2.21. The Labute approximate surface area is 132 Å². The van der Waals surface area contributed by atoms with Crippen molar-refractivity contribution >= 4 is 33.2 Å². The molecule has 0 saturated carbocycles. The van der Waals surface area contributed by atoms with Crippen LogP contribution in [0.2, 0.25) is 0 Å². The van der Waals surface area contributed by atoms with Crippen molar-refractivity contribution in [3.63, 3.8) is 0 Å². The van der Waals surface area contributed by atoms with E-state index in [9.17, 15) is 4.79 Å². The largest absolute Gasteiger partial charge is 0.334 e. The molecule has 0 N–H and O–H groups in total. The molecule has 1 atom stereocenters. The highest BCUT2D eigenvalue weighted by atomic mass is 79.9. The van der Waals surface area contributed by atoms with Crippen molar-refractivity contribution in [1.29, 1.82) is 0 Å². The summed E-state index contributed by atoms with van der Waals surface area (Å²) in [6.45, 7) is 6.12. The molecule has 4 heteroatoms. The molecule has 2 rings (SSSR count). The number of amides is 1. The highest BCUT2D eigenvalue weighted by Crippen LogP contribution is 2.28. The van der Waals surface area contributed by atoms with Crippen LogP contribution in [0.4, 0.5) is 0 Å². The van der Waals surface area contributed by atoms with Gasteiger partial charge in [-0.3, -0.25) is 4.79 Å². The average Bonchev–Trinajstić information content (AvgIpc) is 2.85. The number of carbonyl (C=O) groups is 1. The van der Waals surface area contributed by atoms with Crippen molar-refractivity contribution in [1.82, 2.24) is 4.90 Å². The molecule has 1 heterocycles. The van der Waals surface area contributed by atoms with Crippen LogP contribution >= 0.6 is 27.3 Å². The molecule has 0 fully saturated rings. The molecular formula is C16H18BrNOS. The van der Waals surface area contributed by atoms with Crippen LogP contribution in [0.25, 0.3) is 0 Å². The standard InChI is InChI=1S/C16H18BrNOS/c1-10-5-7-13(17)9-14(10)16(19)18(4)12(3)15-8-6-11(2)20-15/h5-9,12H,1-4H3. The first-order chi connectivity index (χ1) is 9.40. The van der Waals surface area contributed by atoms with Gasteiger partial charge in [-0.15, -0.1) is 11.3 Å². The lowest BCUT2D eigenvalue weighted by atomic mass is 10.1. The van der Waals surface area contributed by atoms with Crippen LogP contribution in [-0.4, -0.2) is 17.9 Å². The Kier molecular flexibility index (Phi) is 4.66. The number of benzene rings is 1. The number of nitrogens with zero attached hydrogens (tertiary/aromatic N) is 1. The Morgan fingerprint density at radius 3 is 2.55 bits per heavy atom. The number of thiophene rings is 1. The number of rotatable bonds is 3. The van der Waals surface area contributed by atoms with E-state index in [4.69, 9.17) is 0 Å². The third kappa shape index (κ3) is 3.13. The summed E-state index contributed by atoms with van der Waals surface area (Å²) in [7, 11) is 1.86. The minimum absolute atomic E-state index is 0.0577. The number of halogens is 1. The third-order valence-corrected chi connectivity index (χ3v) is 5.17. The van der Waals surface area contributed by atoms with Gasteiger partial charge in [0.1, 0.15) is 0 Å². The maximum atomic E-state index is 12.6. The number of aryl methyl sites for hydroxylation is 2. The van der Waals surface area contributed by atoms with Crippen LogP contribution in [0.15, 0.2) is 34.8 Å². The van der Waals surface area contributed by atoms with Crippen molar-refractivity contribution < 1.29 is 4.79 Å². The van der Waals surface area contributed by atoms with Gasteiger partial charge in [0.15, 0.2) is 0 Å². The summed E-state index contributed by atoms with van der Waals surface area (Å²) in [5, 5.41) is 0. The predicted octanol–water partition coefficient (Wildman–Crippen LogP) is 4.96. The Morgan fingerprint density at radius 2 is 1.95 bits per heavy atom. The molecule has 1 aromatic heterocycles. The summed E-state index contributed by atoms with van der Waals surface area (Å²) in [4.78, 5) is 16.9. The molecule has 0 spiro atoms. The van der Waals surface area contributed by atoms with E-state index in [1.165, 1.54) is 9.75 Å². The van der Waals surface area contributed by atoms with Crippen LogP contribution in [0.1, 0.15) is 38.6 Å². The summed E-state index contributed by atoms with van der Waals surface area (Å²) in [5.74, 6) is 0.0577.